The zero-order valence-corrected chi connectivity index (χ0v) is 12.2. The number of anilines is 1. The van der Waals surface area contributed by atoms with Crippen molar-refractivity contribution in [1.82, 2.24) is 0 Å². The Kier molecular flexibility index (Phi) is 4.90. The standard InChI is InChI=1S/C16H18N2O3/c1-12(19)13-5-7-14(8-6-13)17-16(20)11-18(2)10-15-4-3-9-21-15/h3-9H,10-11H2,1-2H3,(H,17,20)/p+1. The summed E-state index contributed by atoms with van der Waals surface area (Å²) in [6, 6.07) is 10.6. The molecule has 110 valence electrons. The van der Waals surface area contributed by atoms with Gasteiger partial charge in [0.2, 0.25) is 0 Å². The Balaban J connectivity index is 1.84. The van der Waals surface area contributed by atoms with Gasteiger partial charge in [-0.05, 0) is 43.3 Å². The van der Waals surface area contributed by atoms with Crippen LogP contribution in [0.3, 0.4) is 0 Å². The van der Waals surface area contributed by atoms with E-state index < -0.39 is 0 Å². The van der Waals surface area contributed by atoms with Gasteiger partial charge in [0.25, 0.3) is 5.91 Å². The summed E-state index contributed by atoms with van der Waals surface area (Å²) in [6.45, 7) is 2.51. The maximum Gasteiger partial charge on any atom is 0.279 e. The molecule has 0 fully saturated rings. The Bertz CT molecular complexity index is 603. The highest BCUT2D eigenvalue weighted by Crippen LogP contribution is 2.09. The van der Waals surface area contributed by atoms with E-state index in [2.05, 4.69) is 5.32 Å². The minimum Gasteiger partial charge on any atom is -0.463 e. The van der Waals surface area contributed by atoms with Gasteiger partial charge in [0.15, 0.2) is 18.1 Å². The summed E-state index contributed by atoms with van der Waals surface area (Å²) in [5.41, 5.74) is 1.32. The second kappa shape index (κ2) is 6.85. The number of ketones is 1. The molecule has 0 aliphatic carbocycles. The lowest BCUT2D eigenvalue weighted by atomic mass is 10.1. The Labute approximate surface area is 123 Å². The van der Waals surface area contributed by atoms with Gasteiger partial charge in [-0.15, -0.1) is 0 Å². The number of amides is 1. The molecule has 2 N–H and O–H groups in total. The van der Waals surface area contributed by atoms with Gasteiger partial charge in [-0.25, -0.2) is 0 Å². The highest BCUT2D eigenvalue weighted by molar-refractivity contribution is 5.95. The molecule has 1 heterocycles. The molecule has 1 aromatic carbocycles. The zero-order valence-electron chi connectivity index (χ0n) is 12.2. The van der Waals surface area contributed by atoms with Crippen LogP contribution in [0, 0.1) is 0 Å². The van der Waals surface area contributed by atoms with Crippen LogP contribution in [0.5, 0.6) is 0 Å². The third kappa shape index (κ3) is 4.57. The molecule has 0 saturated carbocycles. The van der Waals surface area contributed by atoms with Crippen LogP contribution in [0.2, 0.25) is 0 Å². The van der Waals surface area contributed by atoms with Crippen molar-refractivity contribution < 1.29 is 18.9 Å². The number of hydrogen-bond acceptors (Lipinski definition) is 3. The highest BCUT2D eigenvalue weighted by atomic mass is 16.3. The molecule has 0 aliphatic heterocycles. The number of carbonyl (C=O) groups excluding carboxylic acids is 2. The van der Waals surface area contributed by atoms with E-state index in [1.165, 1.54) is 6.92 Å². The van der Waals surface area contributed by atoms with Crippen LogP contribution in [-0.2, 0) is 11.3 Å². The molecule has 0 radical (unpaired) electrons. The van der Waals surface area contributed by atoms with Gasteiger partial charge in [-0.1, -0.05) is 0 Å². The van der Waals surface area contributed by atoms with Crippen molar-refractivity contribution in [2.24, 2.45) is 0 Å². The van der Waals surface area contributed by atoms with E-state index in [1.807, 2.05) is 19.2 Å². The molecular weight excluding hydrogens is 268 g/mol. The quantitative estimate of drug-likeness (QED) is 0.783. The number of quaternary nitrogens is 1. The summed E-state index contributed by atoms with van der Waals surface area (Å²) in [4.78, 5) is 24.1. The van der Waals surface area contributed by atoms with Gasteiger partial charge in [0.1, 0.15) is 6.54 Å². The molecule has 0 saturated heterocycles. The van der Waals surface area contributed by atoms with Crippen molar-refractivity contribution >= 4 is 17.4 Å². The van der Waals surface area contributed by atoms with Crippen LogP contribution in [0.1, 0.15) is 23.0 Å². The smallest absolute Gasteiger partial charge is 0.279 e. The number of likely N-dealkylation sites (N-methyl/N-ethyl adjacent to an activating group) is 1. The third-order valence-corrected chi connectivity index (χ3v) is 3.09. The molecule has 1 amide bonds. The average Bonchev–Trinajstić information content (AvgIpc) is 2.91. The fourth-order valence-electron chi connectivity index (χ4n) is 2.04. The summed E-state index contributed by atoms with van der Waals surface area (Å²) >= 11 is 0. The molecule has 5 nitrogen and oxygen atoms in total. The maximum absolute atomic E-state index is 11.9. The molecule has 1 aromatic heterocycles. The topological polar surface area (TPSA) is 63.8 Å². The van der Waals surface area contributed by atoms with Crippen molar-refractivity contribution in [1.29, 1.82) is 0 Å². The molecule has 5 heteroatoms. The second-order valence-electron chi connectivity index (χ2n) is 5.07. The first-order valence-electron chi connectivity index (χ1n) is 6.79. The zero-order chi connectivity index (χ0) is 15.2. The average molecular weight is 287 g/mol. The lowest BCUT2D eigenvalue weighted by molar-refractivity contribution is -0.886. The van der Waals surface area contributed by atoms with Crippen LogP contribution in [0.25, 0.3) is 0 Å². The summed E-state index contributed by atoms with van der Waals surface area (Å²) < 4.78 is 5.26. The number of Topliss-reactive ketones (excluding diaryl/α,β-unsaturated/α-hetero) is 1. The largest absolute Gasteiger partial charge is 0.463 e. The normalized spacial score (nSPS) is 11.9. The van der Waals surface area contributed by atoms with E-state index in [9.17, 15) is 9.59 Å². The van der Waals surface area contributed by atoms with Gasteiger partial charge in [-0.3, -0.25) is 9.59 Å². The lowest BCUT2D eigenvalue weighted by Gasteiger charge is -2.12. The Morgan fingerprint density at radius 2 is 1.90 bits per heavy atom. The van der Waals surface area contributed by atoms with Gasteiger partial charge in [-0.2, -0.15) is 0 Å². The van der Waals surface area contributed by atoms with Crippen molar-refractivity contribution in [3.63, 3.8) is 0 Å². The second-order valence-corrected chi connectivity index (χ2v) is 5.07. The summed E-state index contributed by atoms with van der Waals surface area (Å²) in [7, 11) is 1.93. The number of rotatable bonds is 6. The molecular formula is C16H19N2O3+. The van der Waals surface area contributed by atoms with E-state index in [-0.39, 0.29) is 11.7 Å². The number of benzene rings is 1. The van der Waals surface area contributed by atoms with Crippen molar-refractivity contribution in [3.8, 4) is 0 Å². The number of hydrogen-bond donors (Lipinski definition) is 2. The third-order valence-electron chi connectivity index (χ3n) is 3.09. The SMILES string of the molecule is CC(=O)c1ccc(NC(=O)C[NH+](C)Cc2ccco2)cc1. The summed E-state index contributed by atoms with van der Waals surface area (Å²) in [5.74, 6) is 0.788. The van der Waals surface area contributed by atoms with Crippen LogP contribution in [0.15, 0.2) is 47.1 Å². The monoisotopic (exact) mass is 287 g/mol. The number of nitrogens with one attached hydrogen (secondary N) is 2. The molecule has 1 unspecified atom stereocenters. The molecule has 1 atom stereocenters. The molecule has 0 aliphatic rings. The van der Waals surface area contributed by atoms with Crippen LogP contribution < -0.4 is 10.2 Å². The lowest BCUT2D eigenvalue weighted by Crippen LogP contribution is -3.08. The van der Waals surface area contributed by atoms with Gasteiger partial charge < -0.3 is 14.6 Å². The number of furan rings is 1. The Hall–Kier alpha value is -2.40. The maximum atomic E-state index is 11.9. The summed E-state index contributed by atoms with van der Waals surface area (Å²) in [5, 5.41) is 2.82. The Morgan fingerprint density at radius 1 is 1.19 bits per heavy atom. The first-order chi connectivity index (χ1) is 10.0. The van der Waals surface area contributed by atoms with E-state index >= 15 is 0 Å². The van der Waals surface area contributed by atoms with Crippen molar-refractivity contribution in [2.75, 3.05) is 18.9 Å². The first-order valence-corrected chi connectivity index (χ1v) is 6.79. The van der Waals surface area contributed by atoms with E-state index in [1.54, 1.807) is 30.5 Å². The highest BCUT2D eigenvalue weighted by Gasteiger charge is 2.12. The van der Waals surface area contributed by atoms with Gasteiger partial charge in [0, 0.05) is 11.3 Å². The molecule has 0 bridgehead atoms. The van der Waals surface area contributed by atoms with Crippen LogP contribution >= 0.6 is 0 Å². The van der Waals surface area contributed by atoms with Crippen molar-refractivity contribution in [3.05, 3.63) is 54.0 Å². The van der Waals surface area contributed by atoms with E-state index in [0.717, 1.165) is 10.7 Å². The van der Waals surface area contributed by atoms with E-state index in [4.69, 9.17) is 4.42 Å². The minimum absolute atomic E-state index is 0.00972. The Morgan fingerprint density at radius 3 is 2.48 bits per heavy atom. The molecule has 21 heavy (non-hydrogen) atoms. The molecule has 2 rings (SSSR count). The fraction of sp³-hybridized carbons (Fsp3) is 0.250. The minimum atomic E-state index is -0.0744. The van der Waals surface area contributed by atoms with Gasteiger partial charge in [0.05, 0.1) is 13.3 Å². The van der Waals surface area contributed by atoms with Crippen molar-refractivity contribution in [2.45, 2.75) is 13.5 Å². The predicted molar refractivity (Wildman–Crippen MR) is 79.2 cm³/mol. The van der Waals surface area contributed by atoms with E-state index in [0.29, 0.717) is 24.3 Å². The predicted octanol–water partition coefficient (Wildman–Crippen LogP) is 1.14. The number of carbonyl (C=O) groups is 2. The molecule has 2 aromatic rings. The fourth-order valence-corrected chi connectivity index (χ4v) is 2.04. The molecule has 0 spiro atoms. The van der Waals surface area contributed by atoms with Crippen LogP contribution in [-0.4, -0.2) is 25.3 Å². The first kappa shape index (κ1) is 15.0. The summed E-state index contributed by atoms with van der Waals surface area (Å²) in [6.07, 6.45) is 1.62. The van der Waals surface area contributed by atoms with Gasteiger partial charge >= 0.3 is 0 Å². The van der Waals surface area contributed by atoms with Crippen LogP contribution in [0.4, 0.5) is 5.69 Å².